The van der Waals surface area contributed by atoms with Crippen molar-refractivity contribution in [2.45, 2.75) is 19.5 Å². The van der Waals surface area contributed by atoms with Crippen LogP contribution in [-0.4, -0.2) is 15.4 Å². The second-order valence-electron chi connectivity index (χ2n) is 5.78. The summed E-state index contributed by atoms with van der Waals surface area (Å²) in [4.78, 5) is 4.77. The van der Waals surface area contributed by atoms with E-state index in [1.807, 2.05) is 41.4 Å². The van der Waals surface area contributed by atoms with Gasteiger partial charge in [0, 0.05) is 13.0 Å². The molecule has 0 saturated heterocycles. The highest BCUT2D eigenvalue weighted by atomic mass is 15.7. The Morgan fingerprint density at radius 2 is 1.92 bits per heavy atom. The first-order chi connectivity index (χ1) is 11.7. The third-order valence-electron chi connectivity index (χ3n) is 4.16. The number of imidazole rings is 1. The van der Waals surface area contributed by atoms with Crippen molar-refractivity contribution in [3.63, 3.8) is 0 Å². The molecular formula is C17H19N7. The quantitative estimate of drug-likeness (QED) is 0.427. The smallest absolute Gasteiger partial charge is 0.131 e. The van der Waals surface area contributed by atoms with E-state index in [0.29, 0.717) is 19.5 Å². The zero-order valence-corrected chi connectivity index (χ0v) is 13.2. The molecule has 4 rings (SSSR count). The minimum absolute atomic E-state index is 0.185. The van der Waals surface area contributed by atoms with E-state index in [-0.39, 0.29) is 5.84 Å². The molecule has 0 amide bonds. The minimum atomic E-state index is 0.185. The molecule has 7 nitrogen and oxygen atoms in total. The van der Waals surface area contributed by atoms with Crippen molar-refractivity contribution in [2.24, 2.45) is 5.73 Å². The molecule has 0 saturated carbocycles. The number of aryl methyl sites for hydroxylation is 1. The van der Waals surface area contributed by atoms with Gasteiger partial charge in [-0.3, -0.25) is 10.4 Å². The Balaban J connectivity index is 1.69. The fourth-order valence-electron chi connectivity index (χ4n) is 3.00. The largest absolute Gasteiger partial charge is 0.388 e. The molecule has 1 aromatic heterocycles. The summed E-state index contributed by atoms with van der Waals surface area (Å²) in [6, 6.07) is 16.1. The van der Waals surface area contributed by atoms with Gasteiger partial charge in [0.15, 0.2) is 0 Å². The number of nitrogens with one attached hydrogen (secondary N) is 3. The van der Waals surface area contributed by atoms with Crippen molar-refractivity contribution >= 4 is 28.2 Å². The van der Waals surface area contributed by atoms with Gasteiger partial charge in [-0.05, 0) is 24.3 Å². The predicted molar refractivity (Wildman–Crippen MR) is 95.6 cm³/mol. The number of rotatable bonds is 5. The van der Waals surface area contributed by atoms with Crippen LogP contribution in [-0.2, 0) is 13.1 Å². The van der Waals surface area contributed by atoms with E-state index < -0.39 is 0 Å². The van der Waals surface area contributed by atoms with Crippen molar-refractivity contribution in [2.75, 3.05) is 10.4 Å². The highest BCUT2D eigenvalue weighted by Crippen LogP contribution is 2.29. The molecule has 3 aromatic rings. The Hall–Kier alpha value is -3.06. The van der Waals surface area contributed by atoms with Gasteiger partial charge in [0.2, 0.25) is 0 Å². The maximum atomic E-state index is 7.51. The van der Waals surface area contributed by atoms with Gasteiger partial charge >= 0.3 is 0 Å². The third kappa shape index (κ3) is 2.55. The standard InChI is InChI=1S/C17H19N7/c18-16(19)9-10-23-14-7-3-1-5-12(14)20-17(23)11-24-15-8-4-2-6-13(15)21-22-24/h1-8,21-22H,9-11H2,(H3,18,19). The zero-order valence-electron chi connectivity index (χ0n) is 13.2. The van der Waals surface area contributed by atoms with E-state index >= 15 is 0 Å². The van der Waals surface area contributed by atoms with Crippen LogP contribution in [0.2, 0.25) is 0 Å². The van der Waals surface area contributed by atoms with E-state index in [9.17, 15) is 0 Å². The van der Waals surface area contributed by atoms with Gasteiger partial charge in [-0.1, -0.05) is 24.3 Å². The van der Waals surface area contributed by atoms with Crippen LogP contribution in [0, 0.1) is 5.41 Å². The maximum absolute atomic E-state index is 7.51. The predicted octanol–water partition coefficient (Wildman–Crippen LogP) is 2.21. The van der Waals surface area contributed by atoms with Crippen LogP contribution >= 0.6 is 0 Å². The molecule has 0 fully saturated rings. The van der Waals surface area contributed by atoms with Gasteiger partial charge in [0.1, 0.15) is 5.82 Å². The van der Waals surface area contributed by atoms with Crippen molar-refractivity contribution < 1.29 is 0 Å². The topological polar surface area (TPSA) is 95.0 Å². The van der Waals surface area contributed by atoms with Crippen LogP contribution in [0.4, 0.5) is 11.4 Å². The zero-order chi connectivity index (χ0) is 16.5. The number of amidine groups is 1. The fourth-order valence-corrected chi connectivity index (χ4v) is 3.00. The van der Waals surface area contributed by atoms with E-state index in [0.717, 1.165) is 28.2 Å². The van der Waals surface area contributed by atoms with Crippen molar-refractivity contribution in [1.82, 2.24) is 15.1 Å². The Kier molecular flexibility index (Phi) is 3.55. The number of hydrogen-bond donors (Lipinski definition) is 4. The number of aromatic nitrogens is 2. The van der Waals surface area contributed by atoms with Gasteiger partial charge in [0.05, 0.1) is 34.8 Å². The Morgan fingerprint density at radius 3 is 2.79 bits per heavy atom. The normalized spacial score (nSPS) is 13.1. The minimum Gasteiger partial charge on any atom is -0.388 e. The van der Waals surface area contributed by atoms with Gasteiger partial charge in [-0.15, -0.1) is 5.53 Å². The molecule has 0 radical (unpaired) electrons. The summed E-state index contributed by atoms with van der Waals surface area (Å²) in [5.74, 6) is 1.12. The molecule has 1 aliphatic rings. The Bertz CT molecular complexity index is 899. The molecule has 122 valence electrons. The summed E-state index contributed by atoms with van der Waals surface area (Å²) >= 11 is 0. The lowest BCUT2D eigenvalue weighted by atomic mass is 10.2. The molecule has 24 heavy (non-hydrogen) atoms. The molecule has 1 aliphatic heterocycles. The van der Waals surface area contributed by atoms with Crippen molar-refractivity contribution in [3.05, 3.63) is 54.4 Å². The fraction of sp³-hybridized carbons (Fsp3) is 0.176. The summed E-state index contributed by atoms with van der Waals surface area (Å²) in [6.07, 6.45) is 0.510. The van der Waals surface area contributed by atoms with Crippen LogP contribution in [0.1, 0.15) is 12.2 Å². The van der Waals surface area contributed by atoms with Gasteiger partial charge in [0.25, 0.3) is 0 Å². The molecule has 2 heterocycles. The summed E-state index contributed by atoms with van der Waals surface area (Å²) < 4.78 is 2.14. The molecule has 0 spiro atoms. The maximum Gasteiger partial charge on any atom is 0.131 e. The molecule has 0 bridgehead atoms. The average Bonchev–Trinajstić information content (AvgIpc) is 3.15. The number of para-hydroxylation sites is 4. The average molecular weight is 321 g/mol. The molecule has 2 aromatic carbocycles. The first kappa shape index (κ1) is 14.5. The molecule has 0 aliphatic carbocycles. The summed E-state index contributed by atoms with van der Waals surface area (Å²) in [5, 5.41) is 9.54. The first-order valence-electron chi connectivity index (χ1n) is 7.87. The van der Waals surface area contributed by atoms with Gasteiger partial charge in [-0.2, -0.15) is 0 Å². The number of nitrogens with two attached hydrogens (primary N) is 1. The van der Waals surface area contributed by atoms with Crippen LogP contribution in [0.5, 0.6) is 0 Å². The monoisotopic (exact) mass is 321 g/mol. The lowest BCUT2D eigenvalue weighted by Gasteiger charge is -2.18. The highest BCUT2D eigenvalue weighted by molar-refractivity contribution is 5.79. The van der Waals surface area contributed by atoms with Gasteiger partial charge < -0.3 is 15.7 Å². The number of anilines is 2. The van der Waals surface area contributed by atoms with E-state index in [1.165, 1.54) is 0 Å². The second-order valence-corrected chi connectivity index (χ2v) is 5.78. The molecule has 5 N–H and O–H groups in total. The Morgan fingerprint density at radius 1 is 1.12 bits per heavy atom. The van der Waals surface area contributed by atoms with Crippen LogP contribution < -0.4 is 21.7 Å². The number of benzene rings is 2. The first-order valence-corrected chi connectivity index (χ1v) is 7.87. The lowest BCUT2D eigenvalue weighted by Crippen LogP contribution is -2.36. The van der Waals surface area contributed by atoms with Gasteiger partial charge in [-0.25, -0.2) is 4.98 Å². The van der Waals surface area contributed by atoms with E-state index in [4.69, 9.17) is 16.1 Å². The summed E-state index contributed by atoms with van der Waals surface area (Å²) in [6.45, 7) is 1.25. The summed E-state index contributed by atoms with van der Waals surface area (Å²) in [5.41, 5.74) is 16.0. The Labute approximate surface area is 139 Å². The van der Waals surface area contributed by atoms with E-state index in [2.05, 4.69) is 27.7 Å². The SMILES string of the molecule is N=C(N)CCn1c(CN2NNc3ccccc32)nc2ccccc21. The highest BCUT2D eigenvalue weighted by Gasteiger charge is 2.20. The third-order valence-corrected chi connectivity index (χ3v) is 4.16. The molecule has 0 unspecified atom stereocenters. The van der Waals surface area contributed by atoms with Crippen LogP contribution in [0.3, 0.4) is 0 Å². The van der Waals surface area contributed by atoms with Crippen molar-refractivity contribution in [3.8, 4) is 0 Å². The lowest BCUT2D eigenvalue weighted by molar-refractivity contribution is 0.637. The number of hydrogen-bond acceptors (Lipinski definition) is 5. The second kappa shape index (κ2) is 5.86. The number of fused-ring (bicyclic) bond motifs is 2. The molecule has 7 heteroatoms. The van der Waals surface area contributed by atoms with Crippen LogP contribution in [0.15, 0.2) is 48.5 Å². The number of nitrogens with zero attached hydrogens (tertiary/aromatic N) is 3. The van der Waals surface area contributed by atoms with Crippen molar-refractivity contribution in [1.29, 1.82) is 5.41 Å². The summed E-state index contributed by atoms with van der Waals surface area (Å²) in [7, 11) is 0. The molecular weight excluding hydrogens is 302 g/mol. The van der Waals surface area contributed by atoms with E-state index in [1.54, 1.807) is 0 Å². The van der Waals surface area contributed by atoms with Crippen LogP contribution in [0.25, 0.3) is 11.0 Å². The number of hydrazine groups is 2. The molecule has 0 atom stereocenters.